The van der Waals surface area contributed by atoms with Crippen molar-refractivity contribution in [3.8, 4) is 12.3 Å². The molecule has 4 rings (SSSR count). The van der Waals surface area contributed by atoms with E-state index in [1.807, 2.05) is 37.4 Å². The number of anilines is 2. The quantitative estimate of drug-likeness (QED) is 0.168. The van der Waals surface area contributed by atoms with Crippen LogP contribution in [0.1, 0.15) is 37.4 Å². The van der Waals surface area contributed by atoms with E-state index in [2.05, 4.69) is 26.6 Å². The number of pyridine rings is 1. The minimum absolute atomic E-state index is 0.0734. The third-order valence-corrected chi connectivity index (χ3v) is 5.78. The molecule has 0 aliphatic rings. The maximum Gasteiger partial charge on any atom is 0.258 e. The molecule has 2 N–H and O–H groups in total. The van der Waals surface area contributed by atoms with E-state index in [1.165, 1.54) is 42.7 Å². The highest BCUT2D eigenvalue weighted by Crippen LogP contribution is 2.23. The van der Waals surface area contributed by atoms with Crippen molar-refractivity contribution in [2.24, 2.45) is 5.10 Å². The molecule has 0 unspecified atom stereocenters. The zero-order valence-electron chi connectivity index (χ0n) is 20.9. The van der Waals surface area contributed by atoms with Crippen LogP contribution in [0.25, 0.3) is 0 Å². The number of benzene rings is 3. The van der Waals surface area contributed by atoms with Gasteiger partial charge in [-0.3, -0.25) is 14.6 Å². The average molecular weight is 540 g/mol. The number of aromatic nitrogens is 1. The molecular formula is C30H23ClFN5O2. The van der Waals surface area contributed by atoms with Crippen molar-refractivity contribution in [1.29, 1.82) is 0 Å². The molecule has 0 bridgehead atoms. The van der Waals surface area contributed by atoms with E-state index >= 15 is 0 Å². The van der Waals surface area contributed by atoms with E-state index in [1.54, 1.807) is 23.2 Å². The van der Waals surface area contributed by atoms with Gasteiger partial charge in [-0.25, -0.2) is 9.37 Å². The Labute approximate surface area is 230 Å². The lowest BCUT2D eigenvalue weighted by molar-refractivity contribution is 0.102. The summed E-state index contributed by atoms with van der Waals surface area (Å²) in [6, 6.07) is 21.5. The van der Waals surface area contributed by atoms with E-state index in [0.29, 0.717) is 17.7 Å². The lowest BCUT2D eigenvalue weighted by Gasteiger charge is -2.13. The van der Waals surface area contributed by atoms with E-state index < -0.39 is 17.6 Å². The molecule has 7 nitrogen and oxygen atoms in total. The van der Waals surface area contributed by atoms with Gasteiger partial charge in [-0.05, 0) is 53.6 Å². The largest absolute Gasteiger partial charge is 0.321 e. The molecule has 0 saturated heterocycles. The molecule has 3 aromatic carbocycles. The maximum absolute atomic E-state index is 14.9. The number of carbonyl (C=O) groups excluding carboxylic acids is 2. The van der Waals surface area contributed by atoms with Gasteiger partial charge in [-0.1, -0.05) is 53.9 Å². The highest BCUT2D eigenvalue weighted by Gasteiger charge is 2.18. The fourth-order valence-electron chi connectivity index (χ4n) is 3.59. The molecule has 0 aliphatic carbocycles. The number of nitrogens with zero attached hydrogens (tertiary/aromatic N) is 3. The number of amides is 2. The molecule has 0 spiro atoms. The van der Waals surface area contributed by atoms with Gasteiger partial charge in [0.15, 0.2) is 0 Å². The van der Waals surface area contributed by atoms with Crippen molar-refractivity contribution in [1.82, 2.24) is 9.99 Å². The Kier molecular flexibility index (Phi) is 8.67. The molecule has 4 aromatic rings. The van der Waals surface area contributed by atoms with Crippen molar-refractivity contribution < 1.29 is 14.0 Å². The highest BCUT2D eigenvalue weighted by atomic mass is 35.5. The molecule has 1 aromatic heterocycles. The van der Waals surface area contributed by atoms with E-state index in [-0.39, 0.29) is 27.7 Å². The van der Waals surface area contributed by atoms with Crippen molar-refractivity contribution in [2.45, 2.75) is 6.54 Å². The summed E-state index contributed by atoms with van der Waals surface area (Å²) in [5, 5.41) is 11.5. The van der Waals surface area contributed by atoms with Crippen molar-refractivity contribution in [3.63, 3.8) is 0 Å². The van der Waals surface area contributed by atoms with Gasteiger partial charge < -0.3 is 10.6 Å². The molecule has 1 heterocycles. The van der Waals surface area contributed by atoms with Crippen molar-refractivity contribution in [2.75, 3.05) is 17.7 Å². The first-order valence-corrected chi connectivity index (χ1v) is 12.1. The molecule has 39 heavy (non-hydrogen) atoms. The van der Waals surface area contributed by atoms with Crippen LogP contribution >= 0.6 is 11.6 Å². The Balaban J connectivity index is 1.46. The zero-order chi connectivity index (χ0) is 27.8. The van der Waals surface area contributed by atoms with Gasteiger partial charge in [0.05, 0.1) is 29.6 Å². The minimum atomic E-state index is -0.736. The molecule has 194 valence electrons. The van der Waals surface area contributed by atoms with Gasteiger partial charge in [-0.15, -0.1) is 6.42 Å². The Morgan fingerprint density at radius 3 is 2.49 bits per heavy atom. The van der Waals surface area contributed by atoms with Crippen molar-refractivity contribution >= 4 is 41.1 Å². The smallest absolute Gasteiger partial charge is 0.258 e. The van der Waals surface area contributed by atoms with Gasteiger partial charge in [0.2, 0.25) is 0 Å². The lowest BCUT2D eigenvalue weighted by atomic mass is 10.1. The van der Waals surface area contributed by atoms with Crippen LogP contribution in [0.4, 0.5) is 15.9 Å². The van der Waals surface area contributed by atoms with Gasteiger partial charge in [-0.2, -0.15) is 5.10 Å². The predicted molar refractivity (Wildman–Crippen MR) is 151 cm³/mol. The highest BCUT2D eigenvalue weighted by molar-refractivity contribution is 6.31. The monoisotopic (exact) mass is 539 g/mol. The zero-order valence-corrected chi connectivity index (χ0v) is 21.6. The SMILES string of the molecule is C#Cc1ccc(NC(=O)c2cc(Cl)ccc2NC(=O)c2ccc(C=NN(C)Cc3ccccc3)cc2F)nc1. The summed E-state index contributed by atoms with van der Waals surface area (Å²) in [6.45, 7) is 0.587. The Morgan fingerprint density at radius 2 is 1.79 bits per heavy atom. The fraction of sp³-hybridized carbons (Fsp3) is 0.0667. The molecule has 0 atom stereocenters. The lowest BCUT2D eigenvalue weighted by Crippen LogP contribution is -2.19. The second kappa shape index (κ2) is 12.5. The number of hydrogen-bond acceptors (Lipinski definition) is 5. The van der Waals surface area contributed by atoms with Crippen LogP contribution in [0.2, 0.25) is 5.02 Å². The predicted octanol–water partition coefficient (Wildman–Crippen LogP) is 5.83. The van der Waals surface area contributed by atoms with Crippen LogP contribution in [0, 0.1) is 18.2 Å². The number of halogens is 2. The summed E-state index contributed by atoms with van der Waals surface area (Å²) in [4.78, 5) is 29.9. The summed E-state index contributed by atoms with van der Waals surface area (Å²) < 4.78 is 14.9. The second-order valence-electron chi connectivity index (χ2n) is 8.46. The Bertz CT molecular complexity index is 1570. The first-order chi connectivity index (χ1) is 18.8. The second-order valence-corrected chi connectivity index (χ2v) is 8.90. The van der Waals surface area contributed by atoms with Crippen LogP contribution in [0.3, 0.4) is 0 Å². The summed E-state index contributed by atoms with van der Waals surface area (Å²) in [5.41, 5.74) is 2.15. The van der Waals surface area contributed by atoms with E-state index in [9.17, 15) is 14.0 Å². The maximum atomic E-state index is 14.9. The number of hydrogen-bond donors (Lipinski definition) is 2. The van der Waals surface area contributed by atoms with Gasteiger partial charge in [0.25, 0.3) is 11.8 Å². The van der Waals surface area contributed by atoms with E-state index in [0.717, 1.165) is 5.56 Å². The number of hydrazone groups is 1. The molecule has 0 fully saturated rings. The summed E-state index contributed by atoms with van der Waals surface area (Å²) >= 11 is 6.09. The Morgan fingerprint density at radius 1 is 1.03 bits per heavy atom. The summed E-state index contributed by atoms with van der Waals surface area (Å²) in [5.74, 6) is 0.663. The summed E-state index contributed by atoms with van der Waals surface area (Å²) in [6.07, 6.45) is 8.28. The molecule has 0 aliphatic heterocycles. The van der Waals surface area contributed by atoms with Gasteiger partial charge in [0, 0.05) is 23.8 Å². The first-order valence-electron chi connectivity index (χ1n) is 11.8. The normalized spacial score (nSPS) is 10.6. The molecular weight excluding hydrogens is 517 g/mol. The minimum Gasteiger partial charge on any atom is -0.321 e. The first kappa shape index (κ1) is 27.0. The molecule has 0 saturated carbocycles. The van der Waals surface area contributed by atoms with Crippen LogP contribution in [-0.4, -0.2) is 35.1 Å². The number of terminal acetylenes is 1. The van der Waals surface area contributed by atoms with Gasteiger partial charge in [0.1, 0.15) is 11.6 Å². The number of rotatable bonds is 8. The van der Waals surface area contributed by atoms with Crippen molar-refractivity contribution in [3.05, 3.63) is 124 Å². The van der Waals surface area contributed by atoms with Crippen LogP contribution < -0.4 is 10.6 Å². The molecule has 0 radical (unpaired) electrons. The molecule has 2 amide bonds. The molecule has 9 heteroatoms. The van der Waals surface area contributed by atoms with E-state index in [4.69, 9.17) is 18.0 Å². The van der Waals surface area contributed by atoms with Crippen LogP contribution in [0.15, 0.2) is 90.2 Å². The number of nitrogens with one attached hydrogen (secondary N) is 2. The average Bonchev–Trinajstić information content (AvgIpc) is 2.93. The van der Waals surface area contributed by atoms with Crippen LogP contribution in [0.5, 0.6) is 0 Å². The third-order valence-electron chi connectivity index (χ3n) is 5.54. The topological polar surface area (TPSA) is 86.7 Å². The number of carbonyl (C=O) groups is 2. The standard InChI is InChI=1S/C30H23ClFN5O2/c1-3-20-10-14-28(33-17-20)36-30(39)25-16-23(31)11-13-27(25)35-29(38)24-12-9-22(15-26(24)32)18-34-37(2)19-21-7-5-4-6-8-21/h1,4-18H,19H2,2H3,(H,35,38)(H,33,36,39). The Hall–Kier alpha value is -5.00. The van der Waals surface area contributed by atoms with Crippen LogP contribution in [-0.2, 0) is 6.54 Å². The fourth-order valence-corrected chi connectivity index (χ4v) is 3.76. The third kappa shape index (κ3) is 7.28. The summed E-state index contributed by atoms with van der Waals surface area (Å²) in [7, 11) is 1.81. The van der Waals surface area contributed by atoms with Gasteiger partial charge >= 0.3 is 0 Å².